The Balaban J connectivity index is 2.30. The van der Waals surface area contributed by atoms with Crippen LogP contribution in [0.2, 0.25) is 5.02 Å². The molecule has 0 spiro atoms. The molecule has 0 radical (unpaired) electrons. The second-order valence-electron chi connectivity index (χ2n) is 4.05. The van der Waals surface area contributed by atoms with Gasteiger partial charge in [-0.1, -0.05) is 17.7 Å². The summed E-state index contributed by atoms with van der Waals surface area (Å²) in [6, 6.07) is 6.64. The first-order valence-corrected chi connectivity index (χ1v) is 6.06. The number of hydrogen-bond donors (Lipinski definition) is 2. The smallest absolute Gasteiger partial charge is 0.335 e. The Hall–Kier alpha value is -2.47. The van der Waals surface area contributed by atoms with Crippen molar-refractivity contribution in [3.63, 3.8) is 0 Å². The first-order chi connectivity index (χ1) is 9.90. The molecule has 0 unspecified atom stereocenters. The first kappa shape index (κ1) is 14.9. The summed E-state index contributed by atoms with van der Waals surface area (Å²) < 4.78 is 27.2. The molecule has 0 bridgehead atoms. The number of benzene rings is 2. The van der Waals surface area contributed by atoms with Crippen LogP contribution in [0.1, 0.15) is 20.7 Å². The molecule has 0 fully saturated rings. The third-order valence-corrected chi connectivity index (χ3v) is 2.97. The molecule has 0 aliphatic carbocycles. The van der Waals surface area contributed by atoms with E-state index in [0.717, 1.165) is 24.3 Å². The fourth-order valence-corrected chi connectivity index (χ4v) is 1.90. The number of hydrogen-bond acceptors (Lipinski definition) is 2. The minimum atomic E-state index is -1.30. The highest BCUT2D eigenvalue weighted by molar-refractivity contribution is 6.34. The van der Waals surface area contributed by atoms with Crippen molar-refractivity contribution in [1.82, 2.24) is 0 Å². The standard InChI is InChI=1S/C14H8ClF2NO3/c15-8-2-1-3-9(16)12(8)13(19)18-11-5-4-7(14(20)21)6-10(11)17/h1-6H,(H,18,19)(H,20,21). The number of nitrogens with one attached hydrogen (secondary N) is 1. The van der Waals surface area contributed by atoms with Gasteiger partial charge >= 0.3 is 5.97 Å². The van der Waals surface area contributed by atoms with Crippen LogP contribution in [0, 0.1) is 11.6 Å². The Morgan fingerprint density at radius 2 is 1.81 bits per heavy atom. The quantitative estimate of drug-likeness (QED) is 0.910. The van der Waals surface area contributed by atoms with Gasteiger partial charge in [-0.15, -0.1) is 0 Å². The van der Waals surface area contributed by atoms with Gasteiger partial charge in [0.2, 0.25) is 0 Å². The summed E-state index contributed by atoms with van der Waals surface area (Å²) in [5.41, 5.74) is -0.959. The van der Waals surface area contributed by atoms with Gasteiger partial charge in [-0.3, -0.25) is 4.79 Å². The minimum absolute atomic E-state index is 0.116. The monoisotopic (exact) mass is 311 g/mol. The van der Waals surface area contributed by atoms with Crippen molar-refractivity contribution in [3.8, 4) is 0 Å². The van der Waals surface area contributed by atoms with Crippen molar-refractivity contribution in [2.75, 3.05) is 5.32 Å². The van der Waals surface area contributed by atoms with Gasteiger partial charge in [-0.2, -0.15) is 0 Å². The molecule has 0 aliphatic rings. The van der Waals surface area contributed by atoms with Crippen LogP contribution in [0.5, 0.6) is 0 Å². The fourth-order valence-electron chi connectivity index (χ4n) is 1.65. The van der Waals surface area contributed by atoms with E-state index in [1.165, 1.54) is 12.1 Å². The van der Waals surface area contributed by atoms with Crippen molar-refractivity contribution in [3.05, 3.63) is 64.2 Å². The number of rotatable bonds is 3. The Bertz CT molecular complexity index is 714. The van der Waals surface area contributed by atoms with Gasteiger partial charge in [0.25, 0.3) is 5.91 Å². The summed E-state index contributed by atoms with van der Waals surface area (Å²) in [6.45, 7) is 0. The summed E-state index contributed by atoms with van der Waals surface area (Å²) in [6.07, 6.45) is 0. The molecule has 0 aromatic heterocycles. The van der Waals surface area contributed by atoms with Gasteiger partial charge in [0, 0.05) is 0 Å². The maximum Gasteiger partial charge on any atom is 0.335 e. The second-order valence-corrected chi connectivity index (χ2v) is 4.46. The fraction of sp³-hybridized carbons (Fsp3) is 0. The van der Waals surface area contributed by atoms with Gasteiger partial charge in [-0.25, -0.2) is 13.6 Å². The molecule has 2 rings (SSSR count). The van der Waals surface area contributed by atoms with Gasteiger partial charge < -0.3 is 10.4 Å². The van der Waals surface area contributed by atoms with Crippen LogP contribution < -0.4 is 5.32 Å². The summed E-state index contributed by atoms with van der Waals surface area (Å²) in [4.78, 5) is 22.6. The molecule has 0 heterocycles. The Labute approximate surface area is 123 Å². The highest BCUT2D eigenvalue weighted by Crippen LogP contribution is 2.22. The Morgan fingerprint density at radius 3 is 2.38 bits per heavy atom. The number of carboxylic acids is 1. The summed E-state index contributed by atoms with van der Waals surface area (Å²) in [5, 5.41) is 10.7. The van der Waals surface area contributed by atoms with Crippen LogP contribution >= 0.6 is 11.6 Å². The van der Waals surface area contributed by atoms with Gasteiger partial charge in [0.15, 0.2) is 0 Å². The molecule has 0 aliphatic heterocycles. The molecule has 7 heteroatoms. The largest absolute Gasteiger partial charge is 0.478 e. The molecule has 0 saturated carbocycles. The highest BCUT2D eigenvalue weighted by atomic mass is 35.5. The number of aromatic carboxylic acids is 1. The zero-order valence-corrected chi connectivity index (χ0v) is 11.1. The third-order valence-electron chi connectivity index (χ3n) is 2.65. The van der Waals surface area contributed by atoms with E-state index in [1.54, 1.807) is 0 Å². The minimum Gasteiger partial charge on any atom is -0.478 e. The first-order valence-electron chi connectivity index (χ1n) is 5.68. The van der Waals surface area contributed by atoms with Crippen molar-refractivity contribution in [1.29, 1.82) is 0 Å². The van der Waals surface area contributed by atoms with Crippen LogP contribution in [0.4, 0.5) is 14.5 Å². The molecule has 4 nitrogen and oxygen atoms in total. The van der Waals surface area contributed by atoms with E-state index in [2.05, 4.69) is 5.32 Å². The van der Waals surface area contributed by atoms with Crippen molar-refractivity contribution < 1.29 is 23.5 Å². The molecule has 0 atom stereocenters. The SMILES string of the molecule is O=C(O)c1ccc(NC(=O)c2c(F)cccc2Cl)c(F)c1. The lowest BCUT2D eigenvalue weighted by Gasteiger charge is -2.09. The average Bonchev–Trinajstić information content (AvgIpc) is 2.40. The maximum atomic E-state index is 13.7. The number of amides is 1. The van der Waals surface area contributed by atoms with E-state index < -0.39 is 29.1 Å². The topological polar surface area (TPSA) is 66.4 Å². The molecule has 2 aromatic rings. The normalized spacial score (nSPS) is 10.2. The second kappa shape index (κ2) is 5.88. The van der Waals surface area contributed by atoms with Crippen LogP contribution in [0.25, 0.3) is 0 Å². The van der Waals surface area contributed by atoms with E-state index in [9.17, 15) is 18.4 Å². The number of anilines is 1. The third kappa shape index (κ3) is 3.17. The van der Waals surface area contributed by atoms with Crippen LogP contribution in [-0.4, -0.2) is 17.0 Å². The number of carboxylic acid groups (broad SMARTS) is 1. The van der Waals surface area contributed by atoms with Crippen LogP contribution in [-0.2, 0) is 0 Å². The van der Waals surface area contributed by atoms with Crippen molar-refractivity contribution >= 4 is 29.2 Å². The number of carbonyl (C=O) groups excluding carboxylic acids is 1. The molecule has 21 heavy (non-hydrogen) atoms. The zero-order chi connectivity index (χ0) is 15.6. The van der Waals surface area contributed by atoms with E-state index in [1.807, 2.05) is 0 Å². The molecule has 0 saturated heterocycles. The summed E-state index contributed by atoms with van der Waals surface area (Å²) >= 11 is 5.72. The molecule has 2 N–H and O–H groups in total. The Kier molecular flexibility index (Phi) is 4.18. The lowest BCUT2D eigenvalue weighted by Crippen LogP contribution is -2.15. The lowest BCUT2D eigenvalue weighted by molar-refractivity contribution is 0.0696. The van der Waals surface area contributed by atoms with Crippen molar-refractivity contribution in [2.24, 2.45) is 0 Å². The van der Waals surface area contributed by atoms with Crippen LogP contribution in [0.3, 0.4) is 0 Å². The summed E-state index contributed by atoms with van der Waals surface area (Å²) in [5.74, 6) is -4.03. The van der Waals surface area contributed by atoms with Crippen LogP contribution in [0.15, 0.2) is 36.4 Å². The van der Waals surface area contributed by atoms with E-state index in [0.29, 0.717) is 0 Å². The predicted octanol–water partition coefficient (Wildman–Crippen LogP) is 3.57. The molecule has 108 valence electrons. The molecule has 1 amide bonds. The van der Waals surface area contributed by atoms with Gasteiger partial charge in [0.1, 0.15) is 11.6 Å². The van der Waals surface area contributed by atoms with E-state index >= 15 is 0 Å². The van der Waals surface area contributed by atoms with E-state index in [4.69, 9.17) is 16.7 Å². The number of carbonyl (C=O) groups is 2. The van der Waals surface area contributed by atoms with Crippen molar-refractivity contribution in [2.45, 2.75) is 0 Å². The van der Waals surface area contributed by atoms with Gasteiger partial charge in [0.05, 0.1) is 21.8 Å². The zero-order valence-electron chi connectivity index (χ0n) is 10.4. The average molecular weight is 312 g/mol. The predicted molar refractivity (Wildman–Crippen MR) is 72.7 cm³/mol. The Morgan fingerprint density at radius 1 is 1.10 bits per heavy atom. The van der Waals surface area contributed by atoms with Gasteiger partial charge in [-0.05, 0) is 30.3 Å². The maximum absolute atomic E-state index is 13.7. The molecular formula is C14H8ClF2NO3. The molecular weight excluding hydrogens is 304 g/mol. The van der Waals surface area contributed by atoms with E-state index in [-0.39, 0.29) is 16.3 Å². The highest BCUT2D eigenvalue weighted by Gasteiger charge is 2.17. The molecule has 2 aromatic carbocycles. The summed E-state index contributed by atoms with van der Waals surface area (Å²) in [7, 11) is 0. The number of halogens is 3. The lowest BCUT2D eigenvalue weighted by atomic mass is 10.1.